The van der Waals surface area contributed by atoms with Crippen molar-refractivity contribution in [3.63, 3.8) is 0 Å². The molecule has 0 saturated heterocycles. The summed E-state index contributed by atoms with van der Waals surface area (Å²) in [5, 5.41) is 0. The maximum absolute atomic E-state index is 5.63. The molecule has 0 heterocycles. The molecule has 1 nitrogen and oxygen atoms in total. The topological polar surface area (TPSA) is 9.23 Å². The summed E-state index contributed by atoms with van der Waals surface area (Å²) < 4.78 is 5.63. The fourth-order valence-electron chi connectivity index (χ4n) is 1.22. The first-order chi connectivity index (χ1) is 6.18. The Morgan fingerprint density at radius 3 is 2.85 bits per heavy atom. The first kappa shape index (κ1) is 8.61. The molecule has 0 aliphatic heterocycles. The normalized spacial score (nSPS) is 18.3. The maximum atomic E-state index is 5.63. The lowest BCUT2D eigenvalue weighted by Crippen LogP contribution is -2.08. The van der Waals surface area contributed by atoms with E-state index in [0.29, 0.717) is 5.41 Å². The highest BCUT2D eigenvalue weighted by atomic mass is 16.5. The predicted molar refractivity (Wildman–Crippen MR) is 52.7 cm³/mol. The fraction of sp³-hybridized carbons (Fsp3) is 0.417. The van der Waals surface area contributed by atoms with Crippen molar-refractivity contribution >= 4 is 0 Å². The zero-order valence-corrected chi connectivity index (χ0v) is 7.92. The number of benzene rings is 1. The van der Waals surface area contributed by atoms with Crippen LogP contribution in [-0.4, -0.2) is 6.61 Å². The van der Waals surface area contributed by atoms with Gasteiger partial charge in [0.05, 0.1) is 6.61 Å². The van der Waals surface area contributed by atoms with Crippen LogP contribution in [0, 0.1) is 12.3 Å². The molecule has 0 atom stereocenters. The lowest BCUT2D eigenvalue weighted by atomic mass is 10.2. The Morgan fingerprint density at radius 2 is 2.23 bits per heavy atom. The van der Waals surface area contributed by atoms with Crippen molar-refractivity contribution in [3.8, 4) is 5.75 Å². The second-order valence-corrected chi connectivity index (χ2v) is 4.17. The highest BCUT2D eigenvalue weighted by Gasteiger charge is 2.38. The van der Waals surface area contributed by atoms with Gasteiger partial charge in [-0.1, -0.05) is 19.1 Å². The van der Waals surface area contributed by atoms with Gasteiger partial charge in [-0.2, -0.15) is 0 Å². The molecule has 1 aromatic carbocycles. The molecule has 1 aromatic rings. The second kappa shape index (κ2) is 3.06. The Balaban J connectivity index is 1.94. The van der Waals surface area contributed by atoms with Crippen LogP contribution in [-0.2, 0) is 0 Å². The van der Waals surface area contributed by atoms with Crippen LogP contribution in [0.15, 0.2) is 24.3 Å². The van der Waals surface area contributed by atoms with Gasteiger partial charge in [0.15, 0.2) is 0 Å². The van der Waals surface area contributed by atoms with Crippen LogP contribution in [0.25, 0.3) is 0 Å². The van der Waals surface area contributed by atoms with Gasteiger partial charge in [0, 0.05) is 5.41 Å². The van der Waals surface area contributed by atoms with Gasteiger partial charge in [0.1, 0.15) is 5.75 Å². The van der Waals surface area contributed by atoms with Crippen molar-refractivity contribution in [3.05, 3.63) is 36.8 Å². The summed E-state index contributed by atoms with van der Waals surface area (Å²) in [5.74, 6) is 0.883. The molecule has 0 N–H and O–H groups in total. The summed E-state index contributed by atoms with van der Waals surface area (Å²) in [6, 6.07) is 7.60. The predicted octanol–water partition coefficient (Wildman–Crippen LogP) is 2.92. The van der Waals surface area contributed by atoms with Gasteiger partial charge in [0.2, 0.25) is 0 Å². The van der Waals surface area contributed by atoms with E-state index >= 15 is 0 Å². The Kier molecular flexibility index (Phi) is 2.03. The summed E-state index contributed by atoms with van der Waals surface area (Å²) >= 11 is 0. The summed E-state index contributed by atoms with van der Waals surface area (Å²) in [6.07, 6.45) is 2.57. The molecule has 0 amide bonds. The smallest absolute Gasteiger partial charge is 0.119 e. The molecule has 2 rings (SSSR count). The molecular weight excluding hydrogens is 160 g/mol. The molecule has 13 heavy (non-hydrogen) atoms. The van der Waals surface area contributed by atoms with E-state index in [-0.39, 0.29) is 0 Å². The molecule has 1 aliphatic carbocycles. The van der Waals surface area contributed by atoms with Gasteiger partial charge < -0.3 is 4.74 Å². The van der Waals surface area contributed by atoms with Crippen molar-refractivity contribution in [2.75, 3.05) is 6.61 Å². The van der Waals surface area contributed by atoms with Gasteiger partial charge in [-0.25, -0.2) is 0 Å². The third-order valence-corrected chi connectivity index (χ3v) is 2.55. The van der Waals surface area contributed by atoms with Crippen molar-refractivity contribution in [1.29, 1.82) is 0 Å². The zero-order valence-electron chi connectivity index (χ0n) is 7.92. The van der Waals surface area contributed by atoms with Crippen LogP contribution in [0.1, 0.15) is 25.3 Å². The lowest BCUT2D eigenvalue weighted by molar-refractivity contribution is 0.247. The number of hydrogen-bond donors (Lipinski definition) is 0. The van der Waals surface area contributed by atoms with E-state index in [1.807, 2.05) is 24.3 Å². The molecule has 0 unspecified atom stereocenters. The summed E-state index contributed by atoms with van der Waals surface area (Å²) in [5.41, 5.74) is 1.20. The molecule has 2 radical (unpaired) electrons. The monoisotopic (exact) mass is 174 g/mol. The van der Waals surface area contributed by atoms with Crippen molar-refractivity contribution in [2.45, 2.75) is 19.8 Å². The highest BCUT2D eigenvalue weighted by Crippen LogP contribution is 2.45. The van der Waals surface area contributed by atoms with Crippen LogP contribution >= 0.6 is 0 Å². The standard InChI is InChI=1S/C12H14O/c1-10-4-3-5-11(8-10)13-9-12(2)6-7-12/h1,3-5,8H,6-7,9H2,2H3. The first-order valence-electron chi connectivity index (χ1n) is 4.66. The number of rotatable bonds is 3. The summed E-state index contributed by atoms with van der Waals surface area (Å²) in [6.45, 7) is 8.70. The Hall–Kier alpha value is -0.980. The van der Waals surface area contributed by atoms with Crippen molar-refractivity contribution in [1.82, 2.24) is 0 Å². The molecular formula is C12H14O. The van der Waals surface area contributed by atoms with E-state index in [2.05, 4.69) is 6.92 Å². The third kappa shape index (κ3) is 2.24. The Bertz CT molecular complexity index is 300. The molecule has 1 aliphatic rings. The SMILES string of the molecule is [CH]c1cccc(OCC2(C)CC2)c1. The van der Waals surface area contributed by atoms with Crippen LogP contribution in [0.2, 0.25) is 0 Å². The summed E-state index contributed by atoms with van der Waals surface area (Å²) in [4.78, 5) is 0. The number of ether oxygens (including phenoxy) is 1. The van der Waals surface area contributed by atoms with E-state index in [4.69, 9.17) is 11.7 Å². The minimum atomic E-state index is 0.435. The van der Waals surface area contributed by atoms with Gasteiger partial charge in [-0.3, -0.25) is 0 Å². The van der Waals surface area contributed by atoms with Gasteiger partial charge in [-0.15, -0.1) is 0 Å². The highest BCUT2D eigenvalue weighted by molar-refractivity contribution is 5.30. The van der Waals surface area contributed by atoms with Crippen molar-refractivity contribution < 1.29 is 4.74 Å². The zero-order chi connectivity index (χ0) is 9.31. The van der Waals surface area contributed by atoms with Crippen LogP contribution < -0.4 is 4.74 Å². The first-order valence-corrected chi connectivity index (χ1v) is 4.66. The third-order valence-electron chi connectivity index (χ3n) is 2.55. The van der Waals surface area contributed by atoms with Gasteiger partial charge >= 0.3 is 0 Å². The molecule has 0 bridgehead atoms. The maximum Gasteiger partial charge on any atom is 0.119 e. The second-order valence-electron chi connectivity index (χ2n) is 4.17. The largest absolute Gasteiger partial charge is 0.493 e. The quantitative estimate of drug-likeness (QED) is 0.684. The Morgan fingerprint density at radius 1 is 1.46 bits per heavy atom. The fourth-order valence-corrected chi connectivity index (χ4v) is 1.22. The van der Waals surface area contributed by atoms with E-state index in [9.17, 15) is 0 Å². The Labute approximate surface area is 79.7 Å². The van der Waals surface area contributed by atoms with E-state index < -0.39 is 0 Å². The average molecular weight is 174 g/mol. The summed E-state index contributed by atoms with van der Waals surface area (Å²) in [7, 11) is 0. The molecule has 68 valence electrons. The van der Waals surface area contributed by atoms with Crippen LogP contribution in [0.4, 0.5) is 0 Å². The molecule has 0 aromatic heterocycles. The minimum Gasteiger partial charge on any atom is -0.493 e. The molecule has 1 fully saturated rings. The van der Waals surface area contributed by atoms with Gasteiger partial charge in [-0.05, 0) is 37.5 Å². The number of hydrogen-bond acceptors (Lipinski definition) is 1. The van der Waals surface area contributed by atoms with Crippen LogP contribution in [0.5, 0.6) is 5.75 Å². The van der Waals surface area contributed by atoms with E-state index in [0.717, 1.165) is 17.9 Å². The van der Waals surface area contributed by atoms with Crippen LogP contribution in [0.3, 0.4) is 0 Å². The molecule has 1 saturated carbocycles. The molecule has 1 heteroatoms. The van der Waals surface area contributed by atoms with Crippen molar-refractivity contribution in [2.24, 2.45) is 5.41 Å². The molecule has 0 spiro atoms. The van der Waals surface area contributed by atoms with E-state index in [1.54, 1.807) is 0 Å². The lowest BCUT2D eigenvalue weighted by Gasteiger charge is -2.10. The average Bonchev–Trinajstić information content (AvgIpc) is 2.82. The van der Waals surface area contributed by atoms with E-state index in [1.165, 1.54) is 12.8 Å². The van der Waals surface area contributed by atoms with Gasteiger partial charge in [0.25, 0.3) is 0 Å². The minimum absolute atomic E-state index is 0.435.